The van der Waals surface area contributed by atoms with Gasteiger partial charge in [0.2, 0.25) is 5.91 Å². The first-order valence-electron chi connectivity index (χ1n) is 7.75. The fourth-order valence-corrected chi connectivity index (χ4v) is 3.55. The molecule has 1 fully saturated rings. The molecule has 0 aromatic heterocycles. The van der Waals surface area contributed by atoms with E-state index in [9.17, 15) is 14.7 Å². The summed E-state index contributed by atoms with van der Waals surface area (Å²) in [6.07, 6.45) is 5.44. The second-order valence-corrected chi connectivity index (χ2v) is 6.11. The molecule has 0 radical (unpaired) electrons. The van der Waals surface area contributed by atoms with Crippen LogP contribution in [0.3, 0.4) is 0 Å². The lowest BCUT2D eigenvalue weighted by Gasteiger charge is -2.40. The van der Waals surface area contributed by atoms with Gasteiger partial charge in [0.1, 0.15) is 0 Å². The molecule has 1 amide bonds. The van der Waals surface area contributed by atoms with Gasteiger partial charge >= 0.3 is 0 Å². The molecular formula is C17H20NO3-. The Balaban J connectivity index is 1.85. The van der Waals surface area contributed by atoms with E-state index < -0.39 is 12.0 Å². The smallest absolute Gasteiger partial charge is 0.226 e. The lowest BCUT2D eigenvalue weighted by atomic mass is 9.86. The van der Waals surface area contributed by atoms with Crippen molar-refractivity contribution in [2.45, 2.75) is 51.1 Å². The van der Waals surface area contributed by atoms with Gasteiger partial charge in [0.25, 0.3) is 0 Å². The van der Waals surface area contributed by atoms with Crippen LogP contribution in [0.15, 0.2) is 24.3 Å². The number of amides is 1. The topological polar surface area (TPSA) is 60.4 Å². The van der Waals surface area contributed by atoms with E-state index in [1.807, 2.05) is 24.3 Å². The van der Waals surface area contributed by atoms with Crippen molar-refractivity contribution >= 4 is 11.9 Å². The fraction of sp³-hybridized carbons (Fsp3) is 0.529. The third-order valence-corrected chi connectivity index (χ3v) is 4.76. The second kappa shape index (κ2) is 5.88. The molecular weight excluding hydrogens is 266 g/mol. The van der Waals surface area contributed by atoms with Gasteiger partial charge in [-0.15, -0.1) is 0 Å². The van der Waals surface area contributed by atoms with Crippen LogP contribution in [0, 0.1) is 5.92 Å². The van der Waals surface area contributed by atoms with Gasteiger partial charge in [-0.25, -0.2) is 0 Å². The molecule has 1 aliphatic carbocycles. The first-order valence-corrected chi connectivity index (χ1v) is 7.75. The van der Waals surface area contributed by atoms with Gasteiger partial charge in [-0.3, -0.25) is 4.79 Å². The predicted molar refractivity (Wildman–Crippen MR) is 76.1 cm³/mol. The van der Waals surface area contributed by atoms with E-state index in [1.165, 1.54) is 11.3 Å². The third-order valence-electron chi connectivity index (χ3n) is 4.76. The number of hydrogen-bond donors (Lipinski definition) is 0. The first kappa shape index (κ1) is 14.1. The van der Waals surface area contributed by atoms with Crippen LogP contribution < -0.4 is 5.11 Å². The summed E-state index contributed by atoms with van der Waals surface area (Å²) in [7, 11) is 0. The normalized spacial score (nSPS) is 22.7. The summed E-state index contributed by atoms with van der Waals surface area (Å²) in [5.41, 5.74) is 2.07. The van der Waals surface area contributed by atoms with Crippen molar-refractivity contribution in [2.24, 2.45) is 5.92 Å². The van der Waals surface area contributed by atoms with Crippen molar-refractivity contribution < 1.29 is 14.7 Å². The van der Waals surface area contributed by atoms with Crippen LogP contribution in [0.25, 0.3) is 0 Å². The maximum Gasteiger partial charge on any atom is 0.226 e. The number of fused-ring (bicyclic) bond motifs is 1. The largest absolute Gasteiger partial charge is 0.548 e. The molecule has 4 nitrogen and oxygen atoms in total. The summed E-state index contributed by atoms with van der Waals surface area (Å²) in [4.78, 5) is 25.7. The molecule has 21 heavy (non-hydrogen) atoms. The standard InChI is InChI=1S/C17H21NO3/c19-16(12-6-2-1-3-7-12)18-11-14-9-5-4-8-13(14)10-15(18)17(20)21/h4-5,8-9,12,15H,1-3,6-7,10-11H2,(H,20,21)/p-1. The van der Waals surface area contributed by atoms with Crippen molar-refractivity contribution in [1.29, 1.82) is 0 Å². The molecule has 2 aliphatic rings. The number of rotatable bonds is 2. The summed E-state index contributed by atoms with van der Waals surface area (Å²) >= 11 is 0. The summed E-state index contributed by atoms with van der Waals surface area (Å²) < 4.78 is 0. The molecule has 0 saturated heterocycles. The number of carbonyl (C=O) groups is 2. The molecule has 3 rings (SSSR count). The summed E-state index contributed by atoms with van der Waals surface area (Å²) in [6, 6.07) is 6.93. The van der Waals surface area contributed by atoms with E-state index in [0.29, 0.717) is 13.0 Å². The molecule has 1 unspecified atom stereocenters. The molecule has 0 spiro atoms. The van der Waals surface area contributed by atoms with Crippen molar-refractivity contribution in [2.75, 3.05) is 0 Å². The van der Waals surface area contributed by atoms with Gasteiger partial charge in [0.05, 0.1) is 12.0 Å². The van der Waals surface area contributed by atoms with Gasteiger partial charge in [0, 0.05) is 12.5 Å². The number of carboxylic acids is 1. The molecule has 1 atom stereocenters. The highest BCUT2D eigenvalue weighted by molar-refractivity contribution is 5.85. The van der Waals surface area contributed by atoms with Gasteiger partial charge in [-0.05, 0) is 30.4 Å². The first-order chi connectivity index (χ1) is 10.2. The number of carboxylic acid groups (broad SMARTS) is 1. The number of benzene rings is 1. The summed E-state index contributed by atoms with van der Waals surface area (Å²) in [5.74, 6) is -1.15. The van der Waals surface area contributed by atoms with Gasteiger partial charge in [-0.1, -0.05) is 43.5 Å². The molecule has 1 aromatic rings. The van der Waals surface area contributed by atoms with Crippen molar-refractivity contribution in [3.05, 3.63) is 35.4 Å². The minimum atomic E-state index is -1.14. The van der Waals surface area contributed by atoms with Crippen LogP contribution >= 0.6 is 0 Å². The summed E-state index contributed by atoms with van der Waals surface area (Å²) in [5, 5.41) is 11.5. The van der Waals surface area contributed by atoms with Crippen LogP contribution in [-0.4, -0.2) is 22.8 Å². The maximum absolute atomic E-state index is 12.7. The minimum absolute atomic E-state index is 0.00148. The molecule has 0 N–H and O–H groups in total. The Morgan fingerprint density at radius 3 is 2.38 bits per heavy atom. The third kappa shape index (κ3) is 2.80. The zero-order valence-electron chi connectivity index (χ0n) is 12.1. The fourth-order valence-electron chi connectivity index (χ4n) is 3.55. The van der Waals surface area contributed by atoms with E-state index in [-0.39, 0.29) is 11.8 Å². The van der Waals surface area contributed by atoms with Crippen LogP contribution in [0.2, 0.25) is 0 Å². The molecule has 112 valence electrons. The molecule has 4 heteroatoms. The van der Waals surface area contributed by atoms with E-state index in [0.717, 1.165) is 36.8 Å². The Morgan fingerprint density at radius 1 is 1.05 bits per heavy atom. The second-order valence-electron chi connectivity index (χ2n) is 6.11. The Hall–Kier alpha value is -1.84. The van der Waals surface area contributed by atoms with Crippen molar-refractivity contribution in [3.8, 4) is 0 Å². The highest BCUT2D eigenvalue weighted by atomic mass is 16.4. The molecule has 1 aromatic carbocycles. The van der Waals surface area contributed by atoms with E-state index >= 15 is 0 Å². The van der Waals surface area contributed by atoms with Gasteiger partial charge in [0.15, 0.2) is 0 Å². The molecule has 0 bridgehead atoms. The number of hydrogen-bond acceptors (Lipinski definition) is 3. The number of nitrogens with zero attached hydrogens (tertiary/aromatic N) is 1. The lowest BCUT2D eigenvalue weighted by molar-refractivity contribution is -0.311. The van der Waals surface area contributed by atoms with E-state index in [4.69, 9.17) is 0 Å². The highest BCUT2D eigenvalue weighted by Gasteiger charge is 2.34. The summed E-state index contributed by atoms with van der Waals surface area (Å²) in [6.45, 7) is 0.393. The predicted octanol–water partition coefficient (Wildman–Crippen LogP) is 1.27. The molecule has 1 aliphatic heterocycles. The van der Waals surface area contributed by atoms with Crippen LogP contribution in [-0.2, 0) is 22.6 Å². The number of aliphatic carboxylic acids is 1. The van der Waals surface area contributed by atoms with Crippen molar-refractivity contribution in [1.82, 2.24) is 4.90 Å². The zero-order chi connectivity index (χ0) is 14.8. The Labute approximate surface area is 124 Å². The zero-order valence-corrected chi connectivity index (χ0v) is 12.1. The van der Waals surface area contributed by atoms with Crippen LogP contribution in [0.5, 0.6) is 0 Å². The van der Waals surface area contributed by atoms with Gasteiger partial charge in [-0.2, -0.15) is 0 Å². The highest BCUT2D eigenvalue weighted by Crippen LogP contribution is 2.30. The lowest BCUT2D eigenvalue weighted by Crippen LogP contribution is -2.55. The quantitative estimate of drug-likeness (QED) is 0.822. The molecule has 1 heterocycles. The minimum Gasteiger partial charge on any atom is -0.548 e. The van der Waals surface area contributed by atoms with E-state index in [2.05, 4.69) is 0 Å². The maximum atomic E-state index is 12.7. The molecule has 1 saturated carbocycles. The van der Waals surface area contributed by atoms with E-state index in [1.54, 1.807) is 0 Å². The van der Waals surface area contributed by atoms with Crippen molar-refractivity contribution in [3.63, 3.8) is 0 Å². The van der Waals surface area contributed by atoms with Crippen LogP contribution in [0.4, 0.5) is 0 Å². The Kier molecular flexibility index (Phi) is 3.95. The Morgan fingerprint density at radius 2 is 1.71 bits per heavy atom. The monoisotopic (exact) mass is 286 g/mol. The Bertz CT molecular complexity index is 549. The average Bonchev–Trinajstić information content (AvgIpc) is 2.53. The van der Waals surface area contributed by atoms with Gasteiger partial charge < -0.3 is 14.8 Å². The average molecular weight is 286 g/mol. The number of carbonyl (C=O) groups excluding carboxylic acids is 2. The van der Waals surface area contributed by atoms with Crippen LogP contribution in [0.1, 0.15) is 43.2 Å². The SMILES string of the molecule is O=C([O-])C1Cc2ccccc2CN1C(=O)C1CCCCC1.